The van der Waals surface area contributed by atoms with Crippen molar-refractivity contribution in [2.75, 3.05) is 12.4 Å². The Kier molecular flexibility index (Phi) is 3.74. The first-order valence-corrected chi connectivity index (χ1v) is 5.42. The molecule has 0 aliphatic heterocycles. The number of H-pyrrole nitrogens is 1. The Morgan fingerprint density at radius 2 is 2.21 bits per heavy atom. The van der Waals surface area contributed by atoms with E-state index in [-0.39, 0.29) is 12.2 Å². The number of aromatic amines is 1. The van der Waals surface area contributed by atoms with E-state index < -0.39 is 23.2 Å². The summed E-state index contributed by atoms with van der Waals surface area (Å²) in [7, 11) is 1.10. The Hall–Kier alpha value is -2.44. The van der Waals surface area contributed by atoms with Gasteiger partial charge in [-0.1, -0.05) is 0 Å². The number of hydrogen-bond donors (Lipinski definition) is 2. The van der Waals surface area contributed by atoms with Gasteiger partial charge in [0, 0.05) is 12.4 Å². The average Bonchev–Trinajstić information content (AvgIpc) is 2.93. The van der Waals surface area contributed by atoms with E-state index in [0.29, 0.717) is 5.82 Å². The van der Waals surface area contributed by atoms with Gasteiger partial charge in [-0.15, -0.1) is 0 Å². The number of aromatic nitrogens is 2. The van der Waals surface area contributed by atoms with Gasteiger partial charge in [-0.25, -0.2) is 18.6 Å². The quantitative estimate of drug-likeness (QED) is 0.832. The molecule has 0 atom stereocenters. The fraction of sp³-hybridized carbons (Fsp3) is 0.167. The second-order valence-electron chi connectivity index (χ2n) is 3.67. The van der Waals surface area contributed by atoms with Crippen LogP contribution in [0.15, 0.2) is 24.5 Å². The van der Waals surface area contributed by atoms with Crippen LogP contribution >= 0.6 is 0 Å². The van der Waals surface area contributed by atoms with Crippen molar-refractivity contribution in [2.45, 2.75) is 6.54 Å². The molecule has 19 heavy (non-hydrogen) atoms. The van der Waals surface area contributed by atoms with Gasteiger partial charge in [-0.3, -0.25) is 0 Å². The number of halogens is 2. The lowest BCUT2D eigenvalue weighted by Gasteiger charge is -2.08. The van der Waals surface area contributed by atoms with Gasteiger partial charge in [-0.2, -0.15) is 0 Å². The number of ether oxygens (including phenoxy) is 1. The van der Waals surface area contributed by atoms with Crippen molar-refractivity contribution >= 4 is 11.7 Å². The van der Waals surface area contributed by atoms with Gasteiger partial charge in [0.1, 0.15) is 5.82 Å². The van der Waals surface area contributed by atoms with Crippen LogP contribution in [0, 0.1) is 11.6 Å². The van der Waals surface area contributed by atoms with Crippen LogP contribution in [0.5, 0.6) is 0 Å². The van der Waals surface area contributed by atoms with Crippen LogP contribution in [0.3, 0.4) is 0 Å². The van der Waals surface area contributed by atoms with Crippen molar-refractivity contribution < 1.29 is 18.3 Å². The highest BCUT2D eigenvalue weighted by atomic mass is 19.2. The topological polar surface area (TPSA) is 67.0 Å². The van der Waals surface area contributed by atoms with E-state index in [9.17, 15) is 13.6 Å². The number of carbonyl (C=O) groups excluding carboxylic acids is 1. The molecule has 2 rings (SSSR count). The Morgan fingerprint density at radius 3 is 2.84 bits per heavy atom. The first-order valence-electron chi connectivity index (χ1n) is 5.42. The molecule has 1 aromatic heterocycles. The lowest BCUT2D eigenvalue weighted by molar-refractivity contribution is 0.0594. The number of hydrogen-bond acceptors (Lipinski definition) is 4. The summed E-state index contributed by atoms with van der Waals surface area (Å²) in [5.41, 5.74) is -0.495. The van der Waals surface area contributed by atoms with E-state index in [0.717, 1.165) is 13.2 Å². The first kappa shape index (κ1) is 13.0. The van der Waals surface area contributed by atoms with Crippen LogP contribution in [0.2, 0.25) is 0 Å². The van der Waals surface area contributed by atoms with Crippen molar-refractivity contribution in [1.29, 1.82) is 0 Å². The lowest BCUT2D eigenvalue weighted by Crippen LogP contribution is -2.09. The SMILES string of the molecule is COC(=O)c1ccc(NCc2ncc[nH]2)c(F)c1F. The molecule has 0 amide bonds. The summed E-state index contributed by atoms with van der Waals surface area (Å²) in [6.45, 7) is 0.209. The maximum atomic E-state index is 13.7. The zero-order valence-corrected chi connectivity index (χ0v) is 10.0. The largest absolute Gasteiger partial charge is 0.465 e. The fourth-order valence-electron chi connectivity index (χ4n) is 1.53. The van der Waals surface area contributed by atoms with Gasteiger partial charge in [0.05, 0.1) is 24.9 Å². The monoisotopic (exact) mass is 267 g/mol. The fourth-order valence-corrected chi connectivity index (χ4v) is 1.53. The van der Waals surface area contributed by atoms with Gasteiger partial charge >= 0.3 is 5.97 Å². The van der Waals surface area contributed by atoms with Gasteiger partial charge in [0.2, 0.25) is 0 Å². The molecule has 7 heteroatoms. The predicted octanol–water partition coefficient (Wildman–Crippen LogP) is 2.09. The zero-order chi connectivity index (χ0) is 13.8. The molecule has 0 saturated heterocycles. The van der Waals surface area contributed by atoms with Crippen molar-refractivity contribution in [1.82, 2.24) is 9.97 Å². The predicted molar refractivity (Wildman–Crippen MR) is 63.6 cm³/mol. The molecule has 100 valence electrons. The lowest BCUT2D eigenvalue weighted by atomic mass is 10.2. The van der Waals surface area contributed by atoms with Gasteiger partial charge in [-0.05, 0) is 12.1 Å². The minimum Gasteiger partial charge on any atom is -0.465 e. The number of carbonyl (C=O) groups is 1. The Labute approximate surface area is 107 Å². The first-order chi connectivity index (χ1) is 9.13. The molecule has 0 radical (unpaired) electrons. The van der Waals surface area contributed by atoms with Crippen LogP contribution in [-0.2, 0) is 11.3 Å². The normalized spacial score (nSPS) is 10.3. The van der Waals surface area contributed by atoms with E-state index in [1.165, 1.54) is 6.07 Å². The van der Waals surface area contributed by atoms with Crippen LogP contribution < -0.4 is 5.32 Å². The van der Waals surface area contributed by atoms with Gasteiger partial charge in [0.25, 0.3) is 0 Å². The molecule has 0 aliphatic rings. The van der Waals surface area contributed by atoms with Crippen LogP contribution in [-0.4, -0.2) is 23.0 Å². The third kappa shape index (κ3) is 2.70. The van der Waals surface area contributed by atoms with E-state index >= 15 is 0 Å². The number of imidazole rings is 1. The van der Waals surface area contributed by atoms with E-state index in [2.05, 4.69) is 20.0 Å². The highest BCUT2D eigenvalue weighted by molar-refractivity contribution is 5.90. The Balaban J connectivity index is 2.19. The van der Waals surface area contributed by atoms with Crippen LogP contribution in [0.4, 0.5) is 14.5 Å². The second-order valence-corrected chi connectivity index (χ2v) is 3.67. The molecule has 1 heterocycles. The van der Waals surface area contributed by atoms with Crippen molar-refractivity contribution in [2.24, 2.45) is 0 Å². The van der Waals surface area contributed by atoms with Crippen molar-refractivity contribution in [3.63, 3.8) is 0 Å². The number of esters is 1. The zero-order valence-electron chi connectivity index (χ0n) is 10.0. The highest BCUT2D eigenvalue weighted by Gasteiger charge is 2.18. The molecule has 0 bridgehead atoms. The third-order valence-corrected chi connectivity index (χ3v) is 2.49. The maximum absolute atomic E-state index is 13.7. The number of benzene rings is 1. The minimum absolute atomic E-state index is 0.0541. The average molecular weight is 267 g/mol. The number of nitrogens with one attached hydrogen (secondary N) is 2. The molecule has 0 aliphatic carbocycles. The summed E-state index contributed by atoms with van der Waals surface area (Å²) >= 11 is 0. The molecule has 5 nitrogen and oxygen atoms in total. The maximum Gasteiger partial charge on any atom is 0.340 e. The molecular formula is C12H11F2N3O2. The molecule has 0 unspecified atom stereocenters. The van der Waals surface area contributed by atoms with E-state index in [1.54, 1.807) is 12.4 Å². The van der Waals surface area contributed by atoms with Crippen LogP contribution in [0.25, 0.3) is 0 Å². The molecular weight excluding hydrogens is 256 g/mol. The molecule has 2 aromatic rings. The molecule has 0 fully saturated rings. The molecule has 2 N–H and O–H groups in total. The van der Waals surface area contributed by atoms with Crippen LogP contribution in [0.1, 0.15) is 16.2 Å². The second kappa shape index (κ2) is 5.47. The van der Waals surface area contributed by atoms with Crippen molar-refractivity contribution in [3.8, 4) is 0 Å². The summed E-state index contributed by atoms with van der Waals surface area (Å²) in [5, 5.41) is 2.68. The number of methoxy groups -OCH3 is 1. The summed E-state index contributed by atoms with van der Waals surface area (Å²) in [6.07, 6.45) is 3.17. The molecule has 1 aromatic carbocycles. The summed E-state index contributed by atoms with van der Waals surface area (Å²) in [6, 6.07) is 2.43. The van der Waals surface area contributed by atoms with E-state index in [4.69, 9.17) is 0 Å². The van der Waals surface area contributed by atoms with E-state index in [1.807, 2.05) is 0 Å². The Bertz CT molecular complexity index is 585. The summed E-state index contributed by atoms with van der Waals surface area (Å²) in [4.78, 5) is 17.9. The van der Waals surface area contributed by atoms with Gasteiger partial charge < -0.3 is 15.0 Å². The Morgan fingerprint density at radius 1 is 1.42 bits per heavy atom. The number of anilines is 1. The van der Waals surface area contributed by atoms with Gasteiger partial charge in [0.15, 0.2) is 11.6 Å². The number of rotatable bonds is 4. The molecule has 0 saturated carbocycles. The summed E-state index contributed by atoms with van der Waals surface area (Å²) in [5.74, 6) is -2.71. The third-order valence-electron chi connectivity index (χ3n) is 2.49. The smallest absolute Gasteiger partial charge is 0.340 e. The number of nitrogens with zero attached hydrogens (tertiary/aromatic N) is 1. The molecule has 0 spiro atoms. The van der Waals surface area contributed by atoms with Crippen molar-refractivity contribution in [3.05, 3.63) is 47.5 Å². The highest BCUT2D eigenvalue weighted by Crippen LogP contribution is 2.21. The standard InChI is InChI=1S/C12H11F2N3O2/c1-19-12(18)7-2-3-8(11(14)10(7)13)17-6-9-15-4-5-16-9/h2-5,17H,6H2,1H3,(H,15,16). The summed E-state index contributed by atoms with van der Waals surface area (Å²) < 4.78 is 31.7. The minimum atomic E-state index is -1.24.